The van der Waals surface area contributed by atoms with Crippen LogP contribution in [-0.4, -0.2) is 16.9 Å². The second-order valence-electron chi connectivity index (χ2n) is 4.88. The Labute approximate surface area is 176 Å². The largest absolute Gasteiger partial charge is 0.345 e. The van der Waals surface area contributed by atoms with Crippen LogP contribution in [0, 0.1) is 21.3 Å². The quantitative estimate of drug-likeness (QED) is 0.232. The molecule has 2 rings (SSSR count). The van der Waals surface area contributed by atoms with Gasteiger partial charge < -0.3 is 21.3 Å². The Morgan fingerprint density at radius 3 is 1.67 bits per heavy atom. The van der Waals surface area contributed by atoms with Crippen molar-refractivity contribution in [2.45, 2.75) is 9.79 Å². The molecule has 0 aliphatic rings. The highest BCUT2D eigenvalue weighted by Gasteiger charge is 2.02. The van der Waals surface area contributed by atoms with E-state index in [1.165, 1.54) is 0 Å². The maximum Gasteiger partial charge on any atom is 0.172 e. The van der Waals surface area contributed by atoms with Gasteiger partial charge in [0.25, 0.3) is 0 Å². The normalized spacial score (nSPS) is 9.41. The first kappa shape index (κ1) is 20.8. The maximum absolute atomic E-state index is 8.72. The molecule has 0 radical (unpaired) electrons. The predicted octanol–water partition coefficient (Wildman–Crippen LogP) is 4.06. The Balaban J connectivity index is 1.75. The highest BCUT2D eigenvalue weighted by molar-refractivity contribution is 8.04. The Morgan fingerprint density at radius 1 is 0.815 bits per heavy atom. The molecule has 0 amide bonds. The molecule has 0 spiro atoms. The molecule has 2 aromatic carbocycles. The zero-order valence-electron chi connectivity index (χ0n) is 13.9. The Morgan fingerprint density at radius 2 is 1.26 bits per heavy atom. The Bertz CT molecular complexity index is 829. The van der Waals surface area contributed by atoms with E-state index in [1.807, 2.05) is 59.3 Å². The zero-order valence-corrected chi connectivity index (χ0v) is 17.1. The lowest BCUT2D eigenvalue weighted by atomic mass is 10.3. The van der Waals surface area contributed by atoms with Gasteiger partial charge in [0.2, 0.25) is 0 Å². The van der Waals surface area contributed by atoms with Crippen molar-refractivity contribution >= 4 is 69.6 Å². The summed E-state index contributed by atoms with van der Waals surface area (Å²) in [5.41, 5.74) is 1.58. The number of rotatable bonds is 6. The number of thiocyanates is 2. The number of nitrogens with zero attached hydrogens (tertiary/aromatic N) is 2. The van der Waals surface area contributed by atoms with Crippen molar-refractivity contribution in [1.82, 2.24) is 10.6 Å². The molecule has 4 N–H and O–H groups in total. The number of thiocarbonyl (C=S) groups is 2. The third-order valence-electron chi connectivity index (χ3n) is 3.01. The second kappa shape index (κ2) is 11.3. The number of benzene rings is 2. The highest BCUT2D eigenvalue weighted by atomic mass is 32.2. The summed E-state index contributed by atoms with van der Waals surface area (Å²) in [4.78, 5) is 1.68. The van der Waals surface area contributed by atoms with Crippen LogP contribution in [0.5, 0.6) is 0 Å². The molecule has 10 heteroatoms. The fraction of sp³-hybridized carbons (Fsp3) is 0.0588. The van der Waals surface area contributed by atoms with Crippen LogP contribution >= 0.6 is 48.0 Å². The average Bonchev–Trinajstić information content (AvgIpc) is 2.63. The van der Waals surface area contributed by atoms with Gasteiger partial charge in [0.15, 0.2) is 10.2 Å². The van der Waals surface area contributed by atoms with Crippen LogP contribution < -0.4 is 21.3 Å². The average molecular weight is 431 g/mol. The summed E-state index contributed by atoms with van der Waals surface area (Å²) < 4.78 is 0. The lowest BCUT2D eigenvalue weighted by molar-refractivity contribution is 0.843. The molecule has 0 aliphatic heterocycles. The number of anilines is 2. The highest BCUT2D eigenvalue weighted by Crippen LogP contribution is 2.21. The molecular weight excluding hydrogens is 416 g/mol. The van der Waals surface area contributed by atoms with Gasteiger partial charge >= 0.3 is 0 Å². The van der Waals surface area contributed by atoms with E-state index in [4.69, 9.17) is 35.0 Å². The van der Waals surface area contributed by atoms with Gasteiger partial charge in [-0.05, 0) is 84.4 Å². The number of thioether (sulfide) groups is 2. The molecule has 0 heterocycles. The topological polar surface area (TPSA) is 95.7 Å². The van der Waals surface area contributed by atoms with Crippen LogP contribution in [0.15, 0.2) is 58.3 Å². The summed E-state index contributed by atoms with van der Waals surface area (Å²) in [5, 5.41) is 34.4. The molecule has 0 aliphatic carbocycles. The van der Waals surface area contributed by atoms with Crippen molar-refractivity contribution in [3.63, 3.8) is 0 Å². The molecular formula is C17H14N6S4. The first-order valence-corrected chi connectivity index (χ1v) is 9.97. The van der Waals surface area contributed by atoms with Crippen LogP contribution in [-0.2, 0) is 0 Å². The van der Waals surface area contributed by atoms with Gasteiger partial charge in [-0.1, -0.05) is 12.1 Å². The van der Waals surface area contributed by atoms with Crippen LogP contribution in [0.4, 0.5) is 11.4 Å². The number of hydrogen-bond donors (Lipinski definition) is 4. The molecule has 0 aromatic heterocycles. The SMILES string of the molecule is N#CSc1cccc(NC(=S)NCNC(=S)Nc2cccc(SC#N)c2)c1. The fourth-order valence-corrected chi connectivity index (χ4v) is 3.19. The van der Waals surface area contributed by atoms with Gasteiger partial charge in [0, 0.05) is 21.2 Å². The maximum atomic E-state index is 8.72. The van der Waals surface area contributed by atoms with Crippen LogP contribution in [0.2, 0.25) is 0 Å². The van der Waals surface area contributed by atoms with Gasteiger partial charge in [0.05, 0.1) is 6.67 Å². The minimum absolute atomic E-state index is 0.330. The molecule has 0 saturated carbocycles. The number of hydrogen-bond acceptors (Lipinski definition) is 6. The first-order valence-electron chi connectivity index (χ1n) is 7.52. The van der Waals surface area contributed by atoms with E-state index in [1.54, 1.807) is 0 Å². The molecule has 6 nitrogen and oxygen atoms in total. The number of nitrogens with one attached hydrogen (secondary N) is 4. The van der Waals surface area contributed by atoms with E-state index < -0.39 is 0 Å². The standard InChI is InChI=1S/C17H14N6S4/c18-9-26-14-5-1-3-12(7-14)22-16(24)20-11-21-17(25)23-13-4-2-6-15(8-13)27-10-19/h1-8H,11H2,(H2,20,22,24)(H2,21,23,25). The van der Waals surface area contributed by atoms with Gasteiger partial charge in [-0.3, -0.25) is 0 Å². The summed E-state index contributed by atoms with van der Waals surface area (Å²) in [6.07, 6.45) is 0. The Kier molecular flexibility index (Phi) is 8.68. The fourth-order valence-electron chi connectivity index (χ4n) is 1.94. The van der Waals surface area contributed by atoms with E-state index in [0.717, 1.165) is 44.7 Å². The van der Waals surface area contributed by atoms with Gasteiger partial charge in [0.1, 0.15) is 10.8 Å². The molecule has 2 aromatic rings. The third kappa shape index (κ3) is 7.72. The summed E-state index contributed by atoms with van der Waals surface area (Å²) in [6, 6.07) is 14.8. The monoisotopic (exact) mass is 430 g/mol. The van der Waals surface area contributed by atoms with E-state index in [2.05, 4.69) is 21.3 Å². The summed E-state index contributed by atoms with van der Waals surface area (Å²) in [7, 11) is 0. The predicted molar refractivity (Wildman–Crippen MR) is 119 cm³/mol. The van der Waals surface area contributed by atoms with Crippen molar-refractivity contribution in [3.05, 3.63) is 48.5 Å². The Hall–Kier alpha value is -2.50. The van der Waals surface area contributed by atoms with Crippen molar-refractivity contribution in [2.75, 3.05) is 17.3 Å². The van der Waals surface area contributed by atoms with Crippen molar-refractivity contribution in [3.8, 4) is 10.8 Å². The second-order valence-corrected chi connectivity index (χ2v) is 7.41. The summed E-state index contributed by atoms with van der Waals surface area (Å²) in [5.74, 6) is 0. The van der Waals surface area contributed by atoms with Crippen LogP contribution in [0.3, 0.4) is 0 Å². The number of nitriles is 2. The molecule has 0 unspecified atom stereocenters. The van der Waals surface area contributed by atoms with Gasteiger partial charge in [-0.25, -0.2) is 0 Å². The molecule has 0 atom stereocenters. The van der Waals surface area contributed by atoms with Crippen LogP contribution in [0.25, 0.3) is 0 Å². The minimum atomic E-state index is 0.330. The molecule has 0 fully saturated rings. The lowest BCUT2D eigenvalue weighted by Crippen LogP contribution is -2.40. The molecule has 27 heavy (non-hydrogen) atoms. The summed E-state index contributed by atoms with van der Waals surface area (Å²) >= 11 is 12.7. The van der Waals surface area contributed by atoms with E-state index in [0.29, 0.717) is 16.9 Å². The smallest absolute Gasteiger partial charge is 0.172 e. The first-order chi connectivity index (χ1) is 13.1. The van der Waals surface area contributed by atoms with Crippen molar-refractivity contribution in [1.29, 1.82) is 10.5 Å². The van der Waals surface area contributed by atoms with E-state index in [9.17, 15) is 0 Å². The molecule has 0 saturated heterocycles. The van der Waals surface area contributed by atoms with Crippen LogP contribution in [0.1, 0.15) is 0 Å². The van der Waals surface area contributed by atoms with Gasteiger partial charge in [-0.2, -0.15) is 10.5 Å². The molecule has 0 bridgehead atoms. The third-order valence-corrected chi connectivity index (χ3v) is 4.66. The van der Waals surface area contributed by atoms with E-state index in [-0.39, 0.29) is 0 Å². The zero-order chi connectivity index (χ0) is 19.5. The minimum Gasteiger partial charge on any atom is -0.345 e. The lowest BCUT2D eigenvalue weighted by Gasteiger charge is -2.14. The van der Waals surface area contributed by atoms with Gasteiger partial charge in [-0.15, -0.1) is 0 Å². The van der Waals surface area contributed by atoms with Crippen molar-refractivity contribution < 1.29 is 0 Å². The summed E-state index contributed by atoms with van der Waals surface area (Å²) in [6.45, 7) is 0.330. The molecule has 136 valence electrons. The van der Waals surface area contributed by atoms with Crippen molar-refractivity contribution in [2.24, 2.45) is 0 Å². The van der Waals surface area contributed by atoms with E-state index >= 15 is 0 Å².